The van der Waals surface area contributed by atoms with Gasteiger partial charge < -0.3 is 15.6 Å². The van der Waals surface area contributed by atoms with Crippen molar-refractivity contribution >= 4 is 16.7 Å². The number of ether oxygens (including phenoxy) is 1. The molecule has 100 valence electrons. The second-order valence-electron chi connectivity index (χ2n) is 4.53. The van der Waals surface area contributed by atoms with E-state index in [9.17, 15) is 4.79 Å². The summed E-state index contributed by atoms with van der Waals surface area (Å²) < 4.78 is 5.09. The highest BCUT2D eigenvalue weighted by Gasteiger charge is 2.13. The largest absolute Gasteiger partial charge is 0.480 e. The zero-order valence-corrected chi connectivity index (χ0v) is 10.8. The molecule has 4 nitrogen and oxygen atoms in total. The standard InChI is InChI=1S/C15H17NO3/c1-10-6-7-11-4-2-3-5-12(11)15(10)13(16)8-19-9-14(17)18/h2-7,13H,8-9,16H2,1H3,(H,17,18). The van der Waals surface area contributed by atoms with Crippen LogP contribution in [0.15, 0.2) is 36.4 Å². The number of carboxylic acids is 1. The number of carbonyl (C=O) groups is 1. The first kappa shape index (κ1) is 13.5. The highest BCUT2D eigenvalue weighted by molar-refractivity contribution is 5.87. The number of aliphatic carboxylic acids is 1. The minimum absolute atomic E-state index is 0.196. The van der Waals surface area contributed by atoms with Gasteiger partial charge in [-0.1, -0.05) is 36.4 Å². The van der Waals surface area contributed by atoms with Crippen molar-refractivity contribution in [2.24, 2.45) is 5.73 Å². The Labute approximate surface area is 111 Å². The molecule has 1 atom stereocenters. The summed E-state index contributed by atoms with van der Waals surface area (Å²) in [5.74, 6) is -0.984. The quantitative estimate of drug-likeness (QED) is 0.863. The van der Waals surface area contributed by atoms with Crippen molar-refractivity contribution in [1.29, 1.82) is 0 Å². The maximum Gasteiger partial charge on any atom is 0.329 e. The lowest BCUT2D eigenvalue weighted by Crippen LogP contribution is -2.20. The van der Waals surface area contributed by atoms with Crippen LogP contribution in [0.2, 0.25) is 0 Å². The van der Waals surface area contributed by atoms with Gasteiger partial charge in [-0.3, -0.25) is 0 Å². The maximum absolute atomic E-state index is 10.4. The lowest BCUT2D eigenvalue weighted by Gasteiger charge is -2.17. The van der Waals surface area contributed by atoms with Crippen LogP contribution in [0.3, 0.4) is 0 Å². The first-order valence-corrected chi connectivity index (χ1v) is 6.13. The molecule has 0 radical (unpaired) electrons. The molecule has 3 N–H and O–H groups in total. The lowest BCUT2D eigenvalue weighted by molar-refractivity contribution is -0.142. The average Bonchev–Trinajstić information content (AvgIpc) is 2.38. The van der Waals surface area contributed by atoms with Crippen LogP contribution in [0, 0.1) is 6.92 Å². The number of nitrogens with two attached hydrogens (primary N) is 1. The van der Waals surface area contributed by atoms with Crippen molar-refractivity contribution in [1.82, 2.24) is 0 Å². The Morgan fingerprint density at radius 1 is 1.32 bits per heavy atom. The molecular formula is C15H17NO3. The summed E-state index contributed by atoms with van der Waals surface area (Å²) in [5.41, 5.74) is 8.24. The Kier molecular flexibility index (Phi) is 4.14. The predicted molar refractivity (Wildman–Crippen MR) is 74.1 cm³/mol. The van der Waals surface area contributed by atoms with Gasteiger partial charge in [-0.25, -0.2) is 4.79 Å². The van der Waals surface area contributed by atoms with E-state index in [0.717, 1.165) is 21.9 Å². The molecule has 0 saturated carbocycles. The topological polar surface area (TPSA) is 72.5 Å². The zero-order chi connectivity index (χ0) is 13.8. The number of hydrogen-bond donors (Lipinski definition) is 2. The van der Waals surface area contributed by atoms with Crippen LogP contribution in [-0.4, -0.2) is 24.3 Å². The molecule has 0 aliphatic rings. The maximum atomic E-state index is 10.4. The van der Waals surface area contributed by atoms with Gasteiger partial charge in [-0.15, -0.1) is 0 Å². The number of benzene rings is 2. The van der Waals surface area contributed by atoms with Gasteiger partial charge in [0.05, 0.1) is 12.6 Å². The van der Waals surface area contributed by atoms with Gasteiger partial charge >= 0.3 is 5.97 Å². The minimum atomic E-state index is -0.984. The van der Waals surface area contributed by atoms with Gasteiger partial charge in [0.25, 0.3) is 0 Å². The molecule has 0 fully saturated rings. The molecule has 0 heterocycles. The van der Waals surface area contributed by atoms with E-state index in [-0.39, 0.29) is 19.3 Å². The molecule has 1 unspecified atom stereocenters. The van der Waals surface area contributed by atoms with Crippen molar-refractivity contribution < 1.29 is 14.6 Å². The molecular weight excluding hydrogens is 242 g/mol. The summed E-state index contributed by atoms with van der Waals surface area (Å²) >= 11 is 0. The molecule has 2 aromatic rings. The molecule has 4 heteroatoms. The molecule has 0 aromatic heterocycles. The summed E-state index contributed by atoms with van der Waals surface area (Å²) in [4.78, 5) is 10.4. The van der Waals surface area contributed by atoms with Crippen LogP contribution in [0.4, 0.5) is 0 Å². The van der Waals surface area contributed by atoms with Crippen LogP contribution in [0.25, 0.3) is 10.8 Å². The van der Waals surface area contributed by atoms with Gasteiger partial charge in [0.15, 0.2) is 0 Å². The van der Waals surface area contributed by atoms with E-state index in [1.54, 1.807) is 0 Å². The molecule has 19 heavy (non-hydrogen) atoms. The molecule has 0 spiro atoms. The highest BCUT2D eigenvalue weighted by Crippen LogP contribution is 2.26. The second-order valence-corrected chi connectivity index (χ2v) is 4.53. The van der Waals surface area contributed by atoms with E-state index in [2.05, 4.69) is 6.07 Å². The highest BCUT2D eigenvalue weighted by atomic mass is 16.5. The van der Waals surface area contributed by atoms with E-state index < -0.39 is 5.97 Å². The molecule has 0 aliphatic carbocycles. The smallest absolute Gasteiger partial charge is 0.329 e. The first-order chi connectivity index (χ1) is 9.09. The molecule has 0 aliphatic heterocycles. The van der Waals surface area contributed by atoms with Crippen LogP contribution in [0.1, 0.15) is 17.2 Å². The summed E-state index contributed by atoms with van der Waals surface area (Å²) in [5, 5.41) is 10.8. The van der Waals surface area contributed by atoms with Crippen LogP contribution in [-0.2, 0) is 9.53 Å². The van der Waals surface area contributed by atoms with E-state index in [0.29, 0.717) is 0 Å². The van der Waals surface area contributed by atoms with Crippen molar-refractivity contribution in [2.75, 3.05) is 13.2 Å². The lowest BCUT2D eigenvalue weighted by atomic mass is 9.95. The molecule has 0 saturated heterocycles. The Bertz CT molecular complexity index is 595. The fraction of sp³-hybridized carbons (Fsp3) is 0.267. The Hall–Kier alpha value is -1.91. The first-order valence-electron chi connectivity index (χ1n) is 6.13. The van der Waals surface area contributed by atoms with E-state index in [4.69, 9.17) is 15.6 Å². The average molecular weight is 259 g/mol. The number of aryl methyl sites for hydroxylation is 1. The van der Waals surface area contributed by atoms with Gasteiger partial charge in [-0.2, -0.15) is 0 Å². The summed E-state index contributed by atoms with van der Waals surface area (Å²) in [7, 11) is 0. The number of rotatable bonds is 5. The fourth-order valence-electron chi connectivity index (χ4n) is 2.25. The third-order valence-corrected chi connectivity index (χ3v) is 3.08. The van der Waals surface area contributed by atoms with Gasteiger partial charge in [0.1, 0.15) is 6.61 Å². The Morgan fingerprint density at radius 3 is 2.79 bits per heavy atom. The minimum Gasteiger partial charge on any atom is -0.480 e. The fourth-order valence-corrected chi connectivity index (χ4v) is 2.25. The van der Waals surface area contributed by atoms with Crippen LogP contribution < -0.4 is 5.73 Å². The monoisotopic (exact) mass is 259 g/mol. The number of fused-ring (bicyclic) bond motifs is 1. The molecule has 2 aromatic carbocycles. The second kappa shape index (κ2) is 5.82. The summed E-state index contributed by atoms with van der Waals surface area (Å²) in [6.45, 7) is 1.87. The van der Waals surface area contributed by atoms with Crippen molar-refractivity contribution in [3.8, 4) is 0 Å². The van der Waals surface area contributed by atoms with E-state index >= 15 is 0 Å². The Balaban J connectivity index is 2.27. The van der Waals surface area contributed by atoms with Crippen LogP contribution in [0.5, 0.6) is 0 Å². The van der Waals surface area contributed by atoms with Crippen LogP contribution >= 0.6 is 0 Å². The summed E-state index contributed by atoms with van der Waals surface area (Å²) in [6.07, 6.45) is 0. The third kappa shape index (κ3) is 3.10. The van der Waals surface area contributed by atoms with Gasteiger partial charge in [0, 0.05) is 0 Å². The summed E-state index contributed by atoms with van der Waals surface area (Å²) in [6, 6.07) is 11.8. The van der Waals surface area contributed by atoms with E-state index in [1.165, 1.54) is 0 Å². The predicted octanol–water partition coefficient (Wildman–Crippen LogP) is 2.25. The van der Waals surface area contributed by atoms with Crippen molar-refractivity contribution in [3.63, 3.8) is 0 Å². The molecule has 0 amide bonds. The molecule has 2 rings (SSSR count). The SMILES string of the molecule is Cc1ccc2ccccc2c1C(N)COCC(=O)O. The number of hydrogen-bond acceptors (Lipinski definition) is 3. The third-order valence-electron chi connectivity index (χ3n) is 3.08. The van der Waals surface area contributed by atoms with Crippen molar-refractivity contribution in [2.45, 2.75) is 13.0 Å². The zero-order valence-electron chi connectivity index (χ0n) is 10.8. The number of carboxylic acid groups (broad SMARTS) is 1. The van der Waals surface area contributed by atoms with E-state index in [1.807, 2.05) is 37.3 Å². The Morgan fingerprint density at radius 2 is 2.05 bits per heavy atom. The molecule has 0 bridgehead atoms. The van der Waals surface area contributed by atoms with Gasteiger partial charge in [-0.05, 0) is 28.8 Å². The van der Waals surface area contributed by atoms with Gasteiger partial charge in [0.2, 0.25) is 0 Å². The van der Waals surface area contributed by atoms with Crippen molar-refractivity contribution in [3.05, 3.63) is 47.5 Å². The normalized spacial score (nSPS) is 12.5.